The largest absolute Gasteiger partial charge is 0.388 e. The lowest BCUT2D eigenvalue weighted by atomic mass is 9.71. The minimum absolute atomic E-state index is 0.317. The fourth-order valence-corrected chi connectivity index (χ4v) is 2.15. The smallest absolute Gasteiger partial charge is 0.0845 e. The zero-order valence-electron chi connectivity index (χ0n) is 8.59. The predicted octanol–water partition coefficient (Wildman–Crippen LogP) is 1.39. The Balaban J connectivity index is 2.70. The molecule has 0 bridgehead atoms. The summed E-state index contributed by atoms with van der Waals surface area (Å²) in [6, 6.07) is 0.317. The van der Waals surface area contributed by atoms with Crippen LogP contribution in [-0.2, 0) is 0 Å². The number of hydrogen-bond acceptors (Lipinski definition) is 2. The quantitative estimate of drug-likeness (QED) is 0.672. The highest BCUT2D eigenvalue weighted by atomic mass is 16.3. The van der Waals surface area contributed by atoms with Gasteiger partial charge in [0.05, 0.1) is 5.60 Å². The number of hydrogen-bond donors (Lipinski definition) is 2. The molecule has 1 fully saturated rings. The van der Waals surface area contributed by atoms with Crippen molar-refractivity contribution in [2.24, 2.45) is 11.8 Å². The van der Waals surface area contributed by atoms with E-state index < -0.39 is 5.60 Å². The van der Waals surface area contributed by atoms with Crippen LogP contribution >= 0.6 is 0 Å². The molecule has 1 aliphatic heterocycles. The highest BCUT2D eigenvalue weighted by Gasteiger charge is 2.44. The Morgan fingerprint density at radius 1 is 1.25 bits per heavy atom. The average Bonchev–Trinajstić information content (AvgIpc) is 1.82. The molecule has 0 amide bonds. The van der Waals surface area contributed by atoms with Crippen LogP contribution in [0.1, 0.15) is 34.1 Å². The fourth-order valence-electron chi connectivity index (χ4n) is 2.15. The van der Waals surface area contributed by atoms with Crippen molar-refractivity contribution in [2.45, 2.75) is 45.8 Å². The van der Waals surface area contributed by atoms with Gasteiger partial charge in [-0.1, -0.05) is 27.7 Å². The summed E-state index contributed by atoms with van der Waals surface area (Å²) in [5.41, 5.74) is -0.516. The summed E-state index contributed by atoms with van der Waals surface area (Å²) in [5.74, 6) is 0.658. The first-order chi connectivity index (χ1) is 5.49. The van der Waals surface area contributed by atoms with E-state index in [1.807, 2.05) is 0 Å². The van der Waals surface area contributed by atoms with Gasteiger partial charge in [0.25, 0.3) is 0 Å². The van der Waals surface area contributed by atoms with Crippen molar-refractivity contribution < 1.29 is 5.11 Å². The second kappa shape index (κ2) is 3.35. The molecule has 72 valence electrons. The molecule has 1 aliphatic rings. The molecule has 0 saturated carbocycles. The molecule has 1 unspecified atom stereocenters. The van der Waals surface area contributed by atoms with Crippen LogP contribution in [0, 0.1) is 11.8 Å². The first-order valence-corrected chi connectivity index (χ1v) is 4.95. The minimum Gasteiger partial charge on any atom is -0.388 e. The third-order valence-corrected chi connectivity index (χ3v) is 3.23. The Morgan fingerprint density at radius 3 is 1.75 bits per heavy atom. The maximum Gasteiger partial charge on any atom is 0.0845 e. The van der Waals surface area contributed by atoms with Crippen molar-refractivity contribution in [1.82, 2.24) is 5.32 Å². The molecule has 1 atom stereocenters. The third-order valence-electron chi connectivity index (χ3n) is 3.23. The molecule has 0 aliphatic carbocycles. The van der Waals surface area contributed by atoms with Crippen molar-refractivity contribution in [1.29, 1.82) is 0 Å². The van der Waals surface area contributed by atoms with Gasteiger partial charge in [-0.3, -0.25) is 0 Å². The molecule has 2 heteroatoms. The highest BCUT2D eigenvalue weighted by molar-refractivity contribution is 5.00. The van der Waals surface area contributed by atoms with E-state index in [9.17, 15) is 5.11 Å². The molecule has 2 N–H and O–H groups in total. The highest BCUT2D eigenvalue weighted by Crippen LogP contribution is 2.33. The van der Waals surface area contributed by atoms with Gasteiger partial charge in [-0.15, -0.1) is 0 Å². The summed E-state index contributed by atoms with van der Waals surface area (Å²) in [6.45, 7) is 9.45. The molecular weight excluding hydrogens is 150 g/mol. The Hall–Kier alpha value is -0.0800. The summed E-state index contributed by atoms with van der Waals surface area (Å²) >= 11 is 0. The first-order valence-electron chi connectivity index (χ1n) is 4.95. The van der Waals surface area contributed by atoms with E-state index in [0.717, 1.165) is 13.0 Å². The van der Waals surface area contributed by atoms with Crippen LogP contribution in [0.2, 0.25) is 0 Å². The Labute approximate surface area is 75.4 Å². The lowest BCUT2D eigenvalue weighted by molar-refractivity contribution is -0.0942. The van der Waals surface area contributed by atoms with Gasteiger partial charge in [-0.25, -0.2) is 0 Å². The van der Waals surface area contributed by atoms with Crippen LogP contribution in [0.15, 0.2) is 0 Å². The zero-order chi connectivity index (χ0) is 9.35. The van der Waals surface area contributed by atoms with E-state index >= 15 is 0 Å². The Kier molecular flexibility index (Phi) is 2.79. The van der Waals surface area contributed by atoms with Crippen molar-refractivity contribution in [2.75, 3.05) is 6.54 Å². The SMILES string of the molecule is CC(C)C(O)(C(C)C)C1CCN1. The summed E-state index contributed by atoms with van der Waals surface area (Å²) in [4.78, 5) is 0. The van der Waals surface area contributed by atoms with Gasteiger partial charge in [0, 0.05) is 6.04 Å². The average molecular weight is 171 g/mol. The summed E-state index contributed by atoms with van der Waals surface area (Å²) in [7, 11) is 0. The van der Waals surface area contributed by atoms with Gasteiger partial charge >= 0.3 is 0 Å². The van der Waals surface area contributed by atoms with E-state index in [-0.39, 0.29) is 0 Å². The van der Waals surface area contributed by atoms with E-state index in [1.54, 1.807) is 0 Å². The van der Waals surface area contributed by atoms with Crippen LogP contribution in [0.3, 0.4) is 0 Å². The number of nitrogens with one attached hydrogen (secondary N) is 1. The topological polar surface area (TPSA) is 32.3 Å². The van der Waals surface area contributed by atoms with Crippen molar-refractivity contribution in [3.05, 3.63) is 0 Å². The molecule has 0 aromatic heterocycles. The monoisotopic (exact) mass is 171 g/mol. The summed E-state index contributed by atoms with van der Waals surface area (Å²) in [5, 5.41) is 13.7. The van der Waals surface area contributed by atoms with Crippen LogP contribution < -0.4 is 5.32 Å². The maximum atomic E-state index is 10.4. The van der Waals surface area contributed by atoms with Crippen molar-refractivity contribution in [3.8, 4) is 0 Å². The molecule has 1 rings (SSSR count). The van der Waals surface area contributed by atoms with Gasteiger partial charge in [0.1, 0.15) is 0 Å². The molecular formula is C10H21NO. The molecule has 1 heterocycles. The summed E-state index contributed by atoms with van der Waals surface area (Å²) < 4.78 is 0. The standard InChI is InChI=1S/C10H21NO/c1-7(2)10(12,8(3)4)9-5-6-11-9/h7-9,11-12H,5-6H2,1-4H3. The van der Waals surface area contributed by atoms with Gasteiger partial charge in [0.2, 0.25) is 0 Å². The first kappa shape index (κ1) is 10.0. The van der Waals surface area contributed by atoms with Crippen LogP contribution in [0.4, 0.5) is 0 Å². The number of rotatable bonds is 3. The van der Waals surface area contributed by atoms with Crippen LogP contribution in [0.25, 0.3) is 0 Å². The molecule has 0 spiro atoms. The zero-order valence-corrected chi connectivity index (χ0v) is 8.59. The lowest BCUT2D eigenvalue weighted by Gasteiger charge is -2.47. The van der Waals surface area contributed by atoms with Gasteiger partial charge < -0.3 is 10.4 Å². The Morgan fingerprint density at radius 2 is 1.67 bits per heavy atom. The van der Waals surface area contributed by atoms with E-state index in [4.69, 9.17) is 0 Å². The maximum absolute atomic E-state index is 10.4. The van der Waals surface area contributed by atoms with Crippen molar-refractivity contribution in [3.63, 3.8) is 0 Å². The van der Waals surface area contributed by atoms with E-state index in [2.05, 4.69) is 33.0 Å². The van der Waals surface area contributed by atoms with Crippen molar-refractivity contribution >= 4 is 0 Å². The van der Waals surface area contributed by atoms with E-state index in [0.29, 0.717) is 17.9 Å². The molecule has 12 heavy (non-hydrogen) atoms. The molecule has 0 aromatic rings. The van der Waals surface area contributed by atoms with Gasteiger partial charge in [-0.2, -0.15) is 0 Å². The van der Waals surface area contributed by atoms with Crippen LogP contribution in [0.5, 0.6) is 0 Å². The molecule has 0 radical (unpaired) electrons. The third kappa shape index (κ3) is 1.38. The second-order valence-electron chi connectivity index (χ2n) is 4.49. The van der Waals surface area contributed by atoms with Crippen LogP contribution in [-0.4, -0.2) is 23.3 Å². The molecule has 2 nitrogen and oxygen atoms in total. The normalized spacial score (nSPS) is 24.8. The predicted molar refractivity (Wildman–Crippen MR) is 51.0 cm³/mol. The second-order valence-corrected chi connectivity index (χ2v) is 4.49. The fraction of sp³-hybridized carbons (Fsp3) is 1.00. The van der Waals surface area contributed by atoms with Gasteiger partial charge in [0.15, 0.2) is 0 Å². The molecule has 1 saturated heterocycles. The molecule has 0 aromatic carbocycles. The minimum atomic E-state index is -0.516. The van der Waals surface area contributed by atoms with Gasteiger partial charge in [-0.05, 0) is 24.8 Å². The van der Waals surface area contributed by atoms with E-state index in [1.165, 1.54) is 0 Å². The number of aliphatic hydroxyl groups is 1. The summed E-state index contributed by atoms with van der Waals surface area (Å²) in [6.07, 6.45) is 1.12. The lowest BCUT2D eigenvalue weighted by Crippen LogP contribution is -2.63. The Bertz CT molecular complexity index is 142.